The van der Waals surface area contributed by atoms with Crippen LogP contribution >= 0.6 is 0 Å². The van der Waals surface area contributed by atoms with E-state index < -0.39 is 10.0 Å². The van der Waals surface area contributed by atoms with E-state index in [-0.39, 0.29) is 10.8 Å². The lowest BCUT2D eigenvalue weighted by atomic mass is 10.1. The topological polar surface area (TPSA) is 57.7 Å². The van der Waals surface area contributed by atoms with Gasteiger partial charge in [-0.05, 0) is 36.2 Å². The second-order valence-corrected chi connectivity index (χ2v) is 8.18. The van der Waals surface area contributed by atoms with Crippen molar-refractivity contribution in [3.8, 4) is 0 Å². The molecular formula is C19H24N2O3S. The minimum atomic E-state index is -3.49. The van der Waals surface area contributed by atoms with E-state index >= 15 is 0 Å². The monoisotopic (exact) mass is 360 g/mol. The van der Waals surface area contributed by atoms with Gasteiger partial charge in [-0.25, -0.2) is 12.7 Å². The van der Waals surface area contributed by atoms with Gasteiger partial charge in [0.25, 0.3) is 5.91 Å². The highest BCUT2D eigenvalue weighted by Gasteiger charge is 2.19. The molecule has 134 valence electrons. The molecule has 0 saturated heterocycles. The fourth-order valence-electron chi connectivity index (χ4n) is 2.49. The van der Waals surface area contributed by atoms with Crippen LogP contribution in [0.4, 0.5) is 0 Å². The molecule has 0 bridgehead atoms. The molecule has 0 aliphatic carbocycles. The van der Waals surface area contributed by atoms with Crippen LogP contribution in [0, 0.1) is 0 Å². The van der Waals surface area contributed by atoms with Crippen molar-refractivity contribution in [2.45, 2.75) is 24.8 Å². The van der Waals surface area contributed by atoms with Crippen LogP contribution in [0.15, 0.2) is 59.5 Å². The average Bonchev–Trinajstić information content (AvgIpc) is 2.61. The van der Waals surface area contributed by atoms with Gasteiger partial charge in [0.1, 0.15) is 0 Å². The summed E-state index contributed by atoms with van der Waals surface area (Å²) in [6, 6.07) is 15.9. The van der Waals surface area contributed by atoms with Crippen molar-refractivity contribution < 1.29 is 13.2 Å². The van der Waals surface area contributed by atoms with E-state index in [0.717, 1.165) is 16.3 Å². The van der Waals surface area contributed by atoms with Gasteiger partial charge in [0.2, 0.25) is 10.0 Å². The van der Waals surface area contributed by atoms with Gasteiger partial charge >= 0.3 is 0 Å². The van der Waals surface area contributed by atoms with Crippen molar-refractivity contribution in [2.75, 3.05) is 20.6 Å². The molecule has 0 saturated carbocycles. The zero-order valence-electron chi connectivity index (χ0n) is 14.8. The fourth-order valence-corrected chi connectivity index (χ4v) is 3.39. The highest BCUT2D eigenvalue weighted by atomic mass is 32.2. The molecule has 0 aliphatic heterocycles. The summed E-state index contributed by atoms with van der Waals surface area (Å²) in [5, 5.41) is 0. The number of hydrogen-bond donors (Lipinski definition) is 0. The number of benzene rings is 2. The van der Waals surface area contributed by atoms with Crippen LogP contribution in [0.25, 0.3) is 0 Å². The summed E-state index contributed by atoms with van der Waals surface area (Å²) < 4.78 is 25.4. The molecule has 0 aliphatic rings. The van der Waals surface area contributed by atoms with Gasteiger partial charge in [0, 0.05) is 32.7 Å². The van der Waals surface area contributed by atoms with E-state index in [4.69, 9.17) is 0 Å². The summed E-state index contributed by atoms with van der Waals surface area (Å²) in [6.07, 6.45) is 0.853. The van der Waals surface area contributed by atoms with Crippen molar-refractivity contribution >= 4 is 15.9 Å². The third-order valence-corrected chi connectivity index (χ3v) is 5.71. The van der Waals surface area contributed by atoms with Crippen LogP contribution in [0.5, 0.6) is 0 Å². The summed E-state index contributed by atoms with van der Waals surface area (Å²) >= 11 is 0. The van der Waals surface area contributed by atoms with E-state index in [1.165, 1.54) is 26.2 Å². The zero-order chi connectivity index (χ0) is 18.4. The average molecular weight is 360 g/mol. The maximum Gasteiger partial charge on any atom is 0.254 e. The van der Waals surface area contributed by atoms with Crippen molar-refractivity contribution in [1.29, 1.82) is 0 Å². The van der Waals surface area contributed by atoms with Crippen molar-refractivity contribution in [3.63, 3.8) is 0 Å². The Morgan fingerprint density at radius 1 is 0.960 bits per heavy atom. The van der Waals surface area contributed by atoms with E-state index in [1.807, 2.05) is 37.3 Å². The molecule has 0 spiro atoms. The van der Waals surface area contributed by atoms with E-state index in [9.17, 15) is 13.2 Å². The second-order valence-electron chi connectivity index (χ2n) is 6.02. The lowest BCUT2D eigenvalue weighted by Crippen LogP contribution is -2.31. The summed E-state index contributed by atoms with van der Waals surface area (Å²) in [5.41, 5.74) is 1.55. The highest BCUT2D eigenvalue weighted by molar-refractivity contribution is 7.89. The number of carbonyl (C=O) groups is 1. The molecule has 0 unspecified atom stereocenters. The Balaban J connectivity index is 2.22. The summed E-state index contributed by atoms with van der Waals surface area (Å²) in [6.45, 7) is 3.20. The van der Waals surface area contributed by atoms with Gasteiger partial charge < -0.3 is 4.90 Å². The van der Waals surface area contributed by atoms with Crippen LogP contribution < -0.4 is 0 Å². The van der Waals surface area contributed by atoms with Gasteiger partial charge in [-0.15, -0.1) is 0 Å². The first-order chi connectivity index (χ1) is 11.9. The van der Waals surface area contributed by atoms with E-state index in [1.54, 1.807) is 17.0 Å². The zero-order valence-corrected chi connectivity index (χ0v) is 15.7. The first-order valence-electron chi connectivity index (χ1n) is 8.22. The smallest absolute Gasteiger partial charge is 0.254 e. The Bertz CT molecular complexity index is 800. The van der Waals surface area contributed by atoms with Crippen LogP contribution in [-0.2, 0) is 16.6 Å². The Morgan fingerprint density at radius 3 is 2.08 bits per heavy atom. The number of sulfonamides is 1. The summed E-state index contributed by atoms with van der Waals surface area (Å²) in [5.74, 6) is -0.0977. The quantitative estimate of drug-likeness (QED) is 0.763. The summed E-state index contributed by atoms with van der Waals surface area (Å²) in [7, 11) is -0.523. The van der Waals surface area contributed by atoms with E-state index in [2.05, 4.69) is 0 Å². The molecule has 6 heteroatoms. The molecule has 0 fully saturated rings. The molecule has 25 heavy (non-hydrogen) atoms. The Morgan fingerprint density at radius 2 is 1.56 bits per heavy atom. The molecule has 5 nitrogen and oxygen atoms in total. The van der Waals surface area contributed by atoms with Gasteiger partial charge in [0.15, 0.2) is 0 Å². The molecule has 0 N–H and O–H groups in total. The van der Waals surface area contributed by atoms with Gasteiger partial charge in [0.05, 0.1) is 4.90 Å². The van der Waals surface area contributed by atoms with Gasteiger partial charge in [-0.1, -0.05) is 37.3 Å². The highest BCUT2D eigenvalue weighted by Crippen LogP contribution is 2.16. The third kappa shape index (κ3) is 4.67. The largest absolute Gasteiger partial charge is 0.334 e. The van der Waals surface area contributed by atoms with Crippen molar-refractivity contribution in [1.82, 2.24) is 9.21 Å². The number of hydrogen-bond acceptors (Lipinski definition) is 3. The molecule has 2 aromatic carbocycles. The number of amides is 1. The van der Waals surface area contributed by atoms with Crippen LogP contribution in [0.2, 0.25) is 0 Å². The SMILES string of the molecule is CCCN(Cc1ccccc1)C(=O)c1ccc(S(=O)(=O)N(C)C)cc1. The molecule has 1 amide bonds. The Hall–Kier alpha value is -2.18. The molecule has 0 radical (unpaired) electrons. The number of nitrogens with zero attached hydrogens (tertiary/aromatic N) is 2. The minimum Gasteiger partial charge on any atom is -0.334 e. The molecule has 2 rings (SSSR count). The first kappa shape index (κ1) is 19.1. The Kier molecular flexibility index (Phi) is 6.33. The van der Waals surface area contributed by atoms with Gasteiger partial charge in [-0.3, -0.25) is 4.79 Å². The number of carbonyl (C=O) groups excluding carboxylic acids is 1. The summed E-state index contributed by atoms with van der Waals surface area (Å²) in [4.78, 5) is 14.8. The predicted molar refractivity (Wildman–Crippen MR) is 98.8 cm³/mol. The lowest BCUT2D eigenvalue weighted by Gasteiger charge is -2.22. The first-order valence-corrected chi connectivity index (χ1v) is 9.66. The van der Waals surface area contributed by atoms with Crippen LogP contribution in [0.1, 0.15) is 29.3 Å². The third-order valence-electron chi connectivity index (χ3n) is 3.88. The molecular weight excluding hydrogens is 336 g/mol. The Labute approximate surface area is 149 Å². The molecule has 0 heterocycles. The maximum absolute atomic E-state index is 12.8. The predicted octanol–water partition coefficient (Wildman–Crippen LogP) is 2.99. The normalized spacial score (nSPS) is 11.5. The van der Waals surface area contributed by atoms with Crippen LogP contribution in [-0.4, -0.2) is 44.2 Å². The van der Waals surface area contributed by atoms with Gasteiger partial charge in [-0.2, -0.15) is 0 Å². The maximum atomic E-state index is 12.8. The molecule has 0 atom stereocenters. The number of rotatable bonds is 7. The lowest BCUT2D eigenvalue weighted by molar-refractivity contribution is 0.0743. The van der Waals surface area contributed by atoms with Crippen molar-refractivity contribution in [3.05, 3.63) is 65.7 Å². The fraction of sp³-hybridized carbons (Fsp3) is 0.316. The molecule has 2 aromatic rings. The minimum absolute atomic E-state index is 0.0977. The van der Waals surface area contributed by atoms with Crippen LogP contribution in [0.3, 0.4) is 0 Å². The second kappa shape index (κ2) is 8.27. The molecule has 0 aromatic heterocycles. The standard InChI is InChI=1S/C19H24N2O3S/c1-4-14-21(15-16-8-6-5-7-9-16)19(22)17-10-12-18(13-11-17)25(23,24)20(2)3/h5-13H,4,14-15H2,1-3H3. The van der Waals surface area contributed by atoms with E-state index in [0.29, 0.717) is 18.7 Å². The van der Waals surface area contributed by atoms with Crippen molar-refractivity contribution in [2.24, 2.45) is 0 Å².